The predicted octanol–water partition coefficient (Wildman–Crippen LogP) is 2.05. The van der Waals surface area contributed by atoms with Gasteiger partial charge in [-0.1, -0.05) is 19.3 Å². The molecule has 4 nitrogen and oxygen atoms in total. The van der Waals surface area contributed by atoms with Crippen molar-refractivity contribution >= 4 is 6.03 Å². The lowest BCUT2D eigenvalue weighted by Crippen LogP contribution is -2.60. The first-order chi connectivity index (χ1) is 8.59. The molecule has 1 saturated carbocycles. The SMILES string of the molecule is C[C@H]1[C@H](C)N(C(=O)NC2CCCCC2)CCN1C. The minimum Gasteiger partial charge on any atom is -0.335 e. The van der Waals surface area contributed by atoms with Gasteiger partial charge in [0.05, 0.1) is 0 Å². The number of carbonyl (C=O) groups is 1. The number of amides is 2. The van der Waals surface area contributed by atoms with Crippen LogP contribution in [0, 0.1) is 0 Å². The Kier molecular flexibility index (Phi) is 4.49. The summed E-state index contributed by atoms with van der Waals surface area (Å²) in [6.07, 6.45) is 6.17. The summed E-state index contributed by atoms with van der Waals surface area (Å²) in [5.41, 5.74) is 0. The molecule has 0 spiro atoms. The number of hydrogen-bond donors (Lipinski definition) is 1. The standard InChI is InChI=1S/C14H27N3O/c1-11-12(2)17(10-9-16(11)3)14(18)15-13-7-5-4-6-8-13/h11-13H,4-10H2,1-3H3,(H,15,18)/t11-,12-/m0/s1. The van der Waals surface area contributed by atoms with Gasteiger partial charge in [0, 0.05) is 31.2 Å². The fraction of sp³-hybridized carbons (Fsp3) is 0.929. The van der Waals surface area contributed by atoms with Crippen LogP contribution in [0.5, 0.6) is 0 Å². The summed E-state index contributed by atoms with van der Waals surface area (Å²) < 4.78 is 0. The van der Waals surface area contributed by atoms with Gasteiger partial charge in [0.15, 0.2) is 0 Å². The first-order valence-corrected chi connectivity index (χ1v) is 7.37. The third-order valence-corrected chi connectivity index (χ3v) is 4.77. The number of hydrogen-bond acceptors (Lipinski definition) is 2. The Balaban J connectivity index is 1.88. The second kappa shape index (κ2) is 5.91. The zero-order chi connectivity index (χ0) is 13.1. The lowest BCUT2D eigenvalue weighted by Gasteiger charge is -2.43. The van der Waals surface area contributed by atoms with Crippen LogP contribution < -0.4 is 5.32 Å². The van der Waals surface area contributed by atoms with Gasteiger partial charge in [-0.25, -0.2) is 4.79 Å². The van der Waals surface area contributed by atoms with Gasteiger partial charge >= 0.3 is 6.03 Å². The van der Waals surface area contributed by atoms with Gasteiger partial charge in [0.1, 0.15) is 0 Å². The minimum atomic E-state index is 0.148. The van der Waals surface area contributed by atoms with E-state index in [1.807, 2.05) is 4.90 Å². The molecule has 1 saturated heterocycles. The largest absolute Gasteiger partial charge is 0.335 e. The minimum absolute atomic E-state index is 0.148. The molecule has 0 unspecified atom stereocenters. The van der Waals surface area contributed by atoms with E-state index >= 15 is 0 Å². The van der Waals surface area contributed by atoms with Crippen molar-refractivity contribution in [3.05, 3.63) is 0 Å². The zero-order valence-corrected chi connectivity index (χ0v) is 12.0. The van der Waals surface area contributed by atoms with E-state index in [4.69, 9.17) is 0 Å². The van der Waals surface area contributed by atoms with Crippen LogP contribution in [0.25, 0.3) is 0 Å². The summed E-state index contributed by atoms with van der Waals surface area (Å²) in [6, 6.07) is 1.30. The van der Waals surface area contributed by atoms with Crippen molar-refractivity contribution < 1.29 is 4.79 Å². The summed E-state index contributed by atoms with van der Waals surface area (Å²) in [4.78, 5) is 16.7. The molecule has 0 aromatic rings. The number of rotatable bonds is 1. The summed E-state index contributed by atoms with van der Waals surface area (Å²) in [5, 5.41) is 3.22. The van der Waals surface area contributed by atoms with Crippen LogP contribution in [-0.2, 0) is 0 Å². The first kappa shape index (κ1) is 13.7. The van der Waals surface area contributed by atoms with Gasteiger partial charge in [-0.05, 0) is 33.7 Å². The molecule has 0 radical (unpaired) electrons. The summed E-state index contributed by atoms with van der Waals surface area (Å²) >= 11 is 0. The molecule has 2 atom stereocenters. The molecule has 2 aliphatic rings. The van der Waals surface area contributed by atoms with Crippen molar-refractivity contribution in [3.63, 3.8) is 0 Å². The Morgan fingerprint density at radius 3 is 2.39 bits per heavy atom. The van der Waals surface area contributed by atoms with E-state index in [0.717, 1.165) is 25.9 Å². The maximum absolute atomic E-state index is 12.3. The molecule has 1 heterocycles. The van der Waals surface area contributed by atoms with Crippen molar-refractivity contribution in [2.24, 2.45) is 0 Å². The maximum atomic E-state index is 12.3. The normalized spacial score (nSPS) is 31.4. The lowest BCUT2D eigenvalue weighted by atomic mass is 9.95. The van der Waals surface area contributed by atoms with Gasteiger partial charge in [-0.3, -0.25) is 4.90 Å². The molecule has 4 heteroatoms. The average molecular weight is 253 g/mol. The molecular formula is C14H27N3O. The molecule has 1 N–H and O–H groups in total. The summed E-state index contributed by atoms with van der Waals surface area (Å²) in [6.45, 7) is 6.18. The van der Waals surface area contributed by atoms with Crippen molar-refractivity contribution in [3.8, 4) is 0 Å². The molecule has 2 amide bonds. The van der Waals surface area contributed by atoms with E-state index in [9.17, 15) is 4.79 Å². The third-order valence-electron chi connectivity index (χ3n) is 4.77. The Labute approximate surface area is 111 Å². The van der Waals surface area contributed by atoms with E-state index in [1.165, 1.54) is 19.3 Å². The number of nitrogens with zero attached hydrogens (tertiary/aromatic N) is 2. The molecule has 1 aliphatic carbocycles. The summed E-state index contributed by atoms with van der Waals surface area (Å²) in [7, 11) is 2.14. The molecular weight excluding hydrogens is 226 g/mol. The maximum Gasteiger partial charge on any atom is 0.317 e. The van der Waals surface area contributed by atoms with Gasteiger partial charge in [0.2, 0.25) is 0 Å². The lowest BCUT2D eigenvalue weighted by molar-refractivity contribution is 0.0721. The highest BCUT2D eigenvalue weighted by Crippen LogP contribution is 2.19. The zero-order valence-electron chi connectivity index (χ0n) is 12.0. The van der Waals surface area contributed by atoms with E-state index < -0.39 is 0 Å². The number of likely N-dealkylation sites (N-methyl/N-ethyl adjacent to an activating group) is 1. The second-order valence-corrected chi connectivity index (χ2v) is 5.94. The predicted molar refractivity (Wildman–Crippen MR) is 73.7 cm³/mol. The van der Waals surface area contributed by atoms with Crippen molar-refractivity contribution in [1.29, 1.82) is 0 Å². The Bertz CT molecular complexity index is 289. The van der Waals surface area contributed by atoms with Crippen LogP contribution in [-0.4, -0.2) is 54.1 Å². The number of piperazine rings is 1. The highest BCUT2D eigenvalue weighted by molar-refractivity contribution is 5.75. The molecule has 1 aliphatic heterocycles. The summed E-state index contributed by atoms with van der Waals surface area (Å²) in [5.74, 6) is 0. The van der Waals surface area contributed by atoms with Crippen LogP contribution in [0.1, 0.15) is 46.0 Å². The highest BCUT2D eigenvalue weighted by atomic mass is 16.2. The van der Waals surface area contributed by atoms with E-state index in [0.29, 0.717) is 18.1 Å². The van der Waals surface area contributed by atoms with E-state index in [-0.39, 0.29) is 6.03 Å². The van der Waals surface area contributed by atoms with Crippen LogP contribution in [0.3, 0.4) is 0 Å². The molecule has 2 rings (SSSR count). The molecule has 0 aromatic heterocycles. The third kappa shape index (κ3) is 2.97. The highest BCUT2D eigenvalue weighted by Gasteiger charge is 2.32. The van der Waals surface area contributed by atoms with Gasteiger partial charge < -0.3 is 10.2 Å². The molecule has 18 heavy (non-hydrogen) atoms. The topological polar surface area (TPSA) is 35.6 Å². The second-order valence-electron chi connectivity index (χ2n) is 5.94. The molecule has 0 bridgehead atoms. The fourth-order valence-corrected chi connectivity index (χ4v) is 3.09. The van der Waals surface area contributed by atoms with E-state index in [2.05, 4.69) is 31.1 Å². The number of carbonyl (C=O) groups excluding carboxylic acids is 1. The first-order valence-electron chi connectivity index (χ1n) is 7.37. The van der Waals surface area contributed by atoms with Crippen LogP contribution >= 0.6 is 0 Å². The molecule has 2 fully saturated rings. The Morgan fingerprint density at radius 2 is 1.72 bits per heavy atom. The quantitative estimate of drug-likeness (QED) is 0.776. The molecule has 104 valence electrons. The van der Waals surface area contributed by atoms with Crippen molar-refractivity contribution in [2.75, 3.05) is 20.1 Å². The average Bonchev–Trinajstić information content (AvgIpc) is 2.37. The van der Waals surface area contributed by atoms with Crippen LogP contribution in [0.4, 0.5) is 4.79 Å². The van der Waals surface area contributed by atoms with Gasteiger partial charge in [-0.2, -0.15) is 0 Å². The smallest absolute Gasteiger partial charge is 0.317 e. The van der Waals surface area contributed by atoms with Crippen molar-refractivity contribution in [2.45, 2.75) is 64.1 Å². The van der Waals surface area contributed by atoms with E-state index in [1.54, 1.807) is 0 Å². The Morgan fingerprint density at radius 1 is 1.06 bits per heavy atom. The number of urea groups is 1. The number of nitrogens with one attached hydrogen (secondary N) is 1. The van der Waals surface area contributed by atoms with Gasteiger partial charge in [-0.15, -0.1) is 0 Å². The Hall–Kier alpha value is -0.770. The van der Waals surface area contributed by atoms with Crippen LogP contribution in [0.15, 0.2) is 0 Å². The van der Waals surface area contributed by atoms with Crippen LogP contribution in [0.2, 0.25) is 0 Å². The monoisotopic (exact) mass is 253 g/mol. The fourth-order valence-electron chi connectivity index (χ4n) is 3.09. The molecule has 0 aromatic carbocycles. The van der Waals surface area contributed by atoms with Crippen molar-refractivity contribution in [1.82, 2.24) is 15.1 Å². The van der Waals surface area contributed by atoms with Gasteiger partial charge in [0.25, 0.3) is 0 Å².